The molecule has 0 saturated heterocycles. The average Bonchev–Trinajstić information content (AvgIpc) is 2.70. The highest BCUT2D eigenvalue weighted by Gasteiger charge is 2.01. The highest BCUT2D eigenvalue weighted by molar-refractivity contribution is 5.71. The molecule has 1 aromatic heterocycles. The smallest absolute Gasteiger partial charge is 0.310 e. The molecule has 1 aromatic rings. The first-order valence-corrected chi connectivity index (χ1v) is 11.0. The molecule has 0 aliphatic carbocycles. The van der Waals surface area contributed by atoms with Gasteiger partial charge >= 0.3 is 5.97 Å². The van der Waals surface area contributed by atoms with Crippen LogP contribution in [-0.2, 0) is 16.1 Å². The van der Waals surface area contributed by atoms with Crippen LogP contribution in [0.25, 0.3) is 0 Å². The van der Waals surface area contributed by atoms with Gasteiger partial charge in [-0.15, -0.1) is 0 Å². The second-order valence-electron chi connectivity index (χ2n) is 7.34. The van der Waals surface area contributed by atoms with Gasteiger partial charge in [0.15, 0.2) is 0 Å². The Hall–Kier alpha value is -1.64. The maximum atomic E-state index is 11.6. The van der Waals surface area contributed by atoms with Gasteiger partial charge in [-0.3, -0.25) is 9.78 Å². The largest absolute Gasteiger partial charge is 0.459 e. The first kappa shape index (κ1) is 23.4. The van der Waals surface area contributed by atoms with Crippen LogP contribution < -0.4 is 0 Å². The van der Waals surface area contributed by atoms with Crippen LogP contribution in [-0.4, -0.2) is 11.0 Å². The van der Waals surface area contributed by atoms with E-state index in [4.69, 9.17) is 4.74 Å². The molecule has 0 amide bonds. The van der Waals surface area contributed by atoms with E-state index in [2.05, 4.69) is 18.0 Å². The fourth-order valence-electron chi connectivity index (χ4n) is 3.10. The van der Waals surface area contributed by atoms with Gasteiger partial charge in [-0.1, -0.05) is 95.8 Å². The number of pyridine rings is 1. The average molecular weight is 374 g/mol. The van der Waals surface area contributed by atoms with Crippen molar-refractivity contribution in [3.05, 3.63) is 42.2 Å². The van der Waals surface area contributed by atoms with E-state index in [1.165, 1.54) is 77.0 Å². The predicted molar refractivity (Wildman–Crippen MR) is 113 cm³/mol. The quantitative estimate of drug-likeness (QED) is 0.165. The summed E-state index contributed by atoms with van der Waals surface area (Å²) in [5, 5.41) is 0. The number of allylic oxidation sites excluding steroid dienone is 1. The van der Waals surface area contributed by atoms with Crippen molar-refractivity contribution in [2.24, 2.45) is 0 Å². The van der Waals surface area contributed by atoms with Crippen LogP contribution in [0.1, 0.15) is 103 Å². The van der Waals surface area contributed by atoms with Crippen molar-refractivity contribution in [2.45, 2.75) is 103 Å². The maximum Gasteiger partial charge on any atom is 0.310 e. The second-order valence-corrected chi connectivity index (χ2v) is 7.34. The molecule has 0 fully saturated rings. The van der Waals surface area contributed by atoms with Crippen molar-refractivity contribution < 1.29 is 9.53 Å². The van der Waals surface area contributed by atoms with Gasteiger partial charge in [0.25, 0.3) is 0 Å². The monoisotopic (exact) mass is 373 g/mol. The maximum absolute atomic E-state index is 11.6. The molecule has 0 saturated carbocycles. The SMILES string of the molecule is CCCCCCCCCCCCCCC=CCC(=O)OCc1ccccn1. The number of hydrogen-bond acceptors (Lipinski definition) is 3. The third-order valence-electron chi connectivity index (χ3n) is 4.78. The van der Waals surface area contributed by atoms with E-state index < -0.39 is 0 Å². The minimum absolute atomic E-state index is 0.188. The second kappa shape index (κ2) is 17.8. The van der Waals surface area contributed by atoms with Crippen molar-refractivity contribution in [3.8, 4) is 0 Å². The van der Waals surface area contributed by atoms with E-state index in [9.17, 15) is 4.79 Å². The van der Waals surface area contributed by atoms with Crippen LogP contribution in [0.3, 0.4) is 0 Å². The molecule has 152 valence electrons. The number of carbonyl (C=O) groups excluding carboxylic acids is 1. The molecule has 3 heteroatoms. The van der Waals surface area contributed by atoms with Crippen molar-refractivity contribution in [2.75, 3.05) is 0 Å². The summed E-state index contributed by atoms with van der Waals surface area (Å²) in [7, 11) is 0. The predicted octanol–water partition coefficient (Wildman–Crippen LogP) is 7.16. The van der Waals surface area contributed by atoms with Gasteiger partial charge in [0, 0.05) is 6.20 Å². The zero-order valence-electron chi connectivity index (χ0n) is 17.3. The number of ether oxygens (including phenoxy) is 1. The number of hydrogen-bond donors (Lipinski definition) is 0. The molecule has 0 radical (unpaired) electrons. The lowest BCUT2D eigenvalue weighted by molar-refractivity contribution is -0.144. The molecule has 0 aliphatic heterocycles. The van der Waals surface area contributed by atoms with Crippen molar-refractivity contribution in [1.29, 1.82) is 0 Å². The summed E-state index contributed by atoms with van der Waals surface area (Å²) in [5.41, 5.74) is 0.784. The molecule has 0 aromatic carbocycles. The lowest BCUT2D eigenvalue weighted by Gasteiger charge is -2.02. The number of nitrogens with zero attached hydrogens (tertiary/aromatic N) is 1. The lowest BCUT2D eigenvalue weighted by atomic mass is 10.0. The Morgan fingerprint density at radius 1 is 0.889 bits per heavy atom. The van der Waals surface area contributed by atoms with Crippen molar-refractivity contribution >= 4 is 5.97 Å². The van der Waals surface area contributed by atoms with E-state index in [1.807, 2.05) is 24.3 Å². The molecule has 0 bridgehead atoms. The lowest BCUT2D eigenvalue weighted by Crippen LogP contribution is -2.03. The molecule has 1 rings (SSSR count). The first-order chi connectivity index (χ1) is 13.3. The van der Waals surface area contributed by atoms with Gasteiger partial charge < -0.3 is 4.74 Å². The molecule has 27 heavy (non-hydrogen) atoms. The van der Waals surface area contributed by atoms with E-state index in [0.29, 0.717) is 6.42 Å². The zero-order chi connectivity index (χ0) is 19.4. The van der Waals surface area contributed by atoms with Crippen LogP contribution in [0.4, 0.5) is 0 Å². The first-order valence-electron chi connectivity index (χ1n) is 11.0. The third kappa shape index (κ3) is 15.1. The highest BCUT2D eigenvalue weighted by Crippen LogP contribution is 2.12. The molecule has 0 spiro atoms. The molecule has 0 N–H and O–H groups in total. The summed E-state index contributed by atoms with van der Waals surface area (Å²) < 4.78 is 5.19. The molecule has 1 heterocycles. The van der Waals surface area contributed by atoms with Gasteiger partial charge in [0.05, 0.1) is 12.1 Å². The molecule has 0 aliphatic rings. The summed E-state index contributed by atoms with van der Waals surface area (Å²) in [6, 6.07) is 5.60. The van der Waals surface area contributed by atoms with Crippen LogP contribution in [0.5, 0.6) is 0 Å². The minimum Gasteiger partial charge on any atom is -0.459 e. The Balaban J connectivity index is 1.83. The fourth-order valence-corrected chi connectivity index (χ4v) is 3.10. The van der Waals surface area contributed by atoms with Crippen molar-refractivity contribution in [1.82, 2.24) is 4.98 Å². The summed E-state index contributed by atoms with van der Waals surface area (Å²) in [4.78, 5) is 15.8. The molecular formula is C24H39NO2. The van der Waals surface area contributed by atoms with E-state index in [-0.39, 0.29) is 12.6 Å². The summed E-state index contributed by atoms with van der Waals surface area (Å²) >= 11 is 0. The Kier molecular flexibility index (Phi) is 15.4. The normalized spacial score (nSPS) is 11.1. The van der Waals surface area contributed by atoms with E-state index in [1.54, 1.807) is 6.20 Å². The number of carbonyl (C=O) groups is 1. The molecular weight excluding hydrogens is 334 g/mol. The van der Waals surface area contributed by atoms with Gasteiger partial charge in [0.1, 0.15) is 6.61 Å². The van der Waals surface area contributed by atoms with Gasteiger partial charge in [0.2, 0.25) is 0 Å². The van der Waals surface area contributed by atoms with E-state index >= 15 is 0 Å². The number of esters is 1. The Morgan fingerprint density at radius 3 is 2.11 bits per heavy atom. The van der Waals surface area contributed by atoms with Crippen LogP contribution in [0.2, 0.25) is 0 Å². The van der Waals surface area contributed by atoms with Gasteiger partial charge in [-0.2, -0.15) is 0 Å². The number of aromatic nitrogens is 1. The van der Waals surface area contributed by atoms with Crippen LogP contribution in [0.15, 0.2) is 36.5 Å². The molecule has 3 nitrogen and oxygen atoms in total. The standard InChI is InChI=1S/C24H39NO2/c1-2-3-4-5-6-7-8-9-10-11-12-13-14-15-16-20-24(26)27-22-23-19-17-18-21-25-23/h15-19,21H,2-14,20,22H2,1H3. The van der Waals surface area contributed by atoms with Crippen LogP contribution >= 0.6 is 0 Å². The zero-order valence-corrected chi connectivity index (χ0v) is 17.3. The minimum atomic E-state index is -0.188. The highest BCUT2D eigenvalue weighted by atomic mass is 16.5. The third-order valence-corrected chi connectivity index (χ3v) is 4.78. The van der Waals surface area contributed by atoms with Crippen molar-refractivity contribution in [3.63, 3.8) is 0 Å². The molecule has 0 atom stereocenters. The summed E-state index contributed by atoms with van der Waals surface area (Å²) in [6.07, 6.45) is 23.6. The van der Waals surface area contributed by atoms with E-state index in [0.717, 1.165) is 12.1 Å². The van der Waals surface area contributed by atoms with Gasteiger partial charge in [-0.25, -0.2) is 0 Å². The Bertz CT molecular complexity index is 484. The Labute approximate surface area is 166 Å². The van der Waals surface area contributed by atoms with Crippen LogP contribution in [0, 0.1) is 0 Å². The summed E-state index contributed by atoms with van der Waals surface area (Å²) in [5.74, 6) is -0.188. The number of unbranched alkanes of at least 4 members (excludes halogenated alkanes) is 12. The Morgan fingerprint density at radius 2 is 1.52 bits per heavy atom. The topological polar surface area (TPSA) is 39.2 Å². The molecule has 0 unspecified atom stereocenters. The fraction of sp³-hybridized carbons (Fsp3) is 0.667. The number of rotatable bonds is 17. The van der Waals surface area contributed by atoms with Gasteiger partial charge in [-0.05, 0) is 25.0 Å². The summed E-state index contributed by atoms with van der Waals surface area (Å²) in [6.45, 7) is 2.53.